The minimum atomic E-state index is -0.352. The number of aromatic nitrogens is 1. The number of hydrogen-bond acceptors (Lipinski definition) is 4. The van der Waals surface area contributed by atoms with Crippen molar-refractivity contribution in [1.82, 2.24) is 10.3 Å². The zero-order valence-corrected chi connectivity index (χ0v) is 7.65. The van der Waals surface area contributed by atoms with Crippen molar-refractivity contribution in [3.05, 3.63) is 20.7 Å². The number of aliphatic hydroxyl groups is 1. The van der Waals surface area contributed by atoms with Crippen molar-refractivity contribution in [3.63, 3.8) is 0 Å². The Morgan fingerprint density at radius 3 is 3.08 bits per heavy atom. The van der Waals surface area contributed by atoms with Crippen LogP contribution in [0.1, 0.15) is 12.6 Å². The monoisotopic (exact) mass is 188 g/mol. The highest BCUT2D eigenvalue weighted by molar-refractivity contribution is 7.07. The highest BCUT2D eigenvalue weighted by Crippen LogP contribution is 1.93. The molecule has 0 aromatic carbocycles. The van der Waals surface area contributed by atoms with Crippen molar-refractivity contribution in [2.45, 2.75) is 19.6 Å². The zero-order chi connectivity index (χ0) is 8.97. The van der Waals surface area contributed by atoms with Crippen LogP contribution in [-0.4, -0.2) is 22.7 Å². The van der Waals surface area contributed by atoms with Gasteiger partial charge in [0.25, 0.3) is 0 Å². The van der Waals surface area contributed by atoms with Crippen molar-refractivity contribution in [3.8, 4) is 0 Å². The minimum Gasteiger partial charge on any atom is -0.392 e. The molecule has 1 aromatic heterocycles. The van der Waals surface area contributed by atoms with Crippen molar-refractivity contribution >= 4 is 11.3 Å². The number of thiazole rings is 1. The lowest BCUT2D eigenvalue weighted by atomic mass is 10.4. The fourth-order valence-corrected chi connectivity index (χ4v) is 1.40. The van der Waals surface area contributed by atoms with Crippen molar-refractivity contribution in [2.24, 2.45) is 0 Å². The smallest absolute Gasteiger partial charge is 0.304 e. The quantitative estimate of drug-likeness (QED) is 0.618. The zero-order valence-electron chi connectivity index (χ0n) is 6.83. The molecule has 0 spiro atoms. The maximum absolute atomic E-state index is 10.7. The molecule has 1 heterocycles. The second kappa shape index (κ2) is 4.39. The molecule has 0 amide bonds. The molecule has 0 aliphatic heterocycles. The molecular formula is C7H12N2O2S. The summed E-state index contributed by atoms with van der Waals surface area (Å²) in [7, 11) is 0. The average molecular weight is 188 g/mol. The van der Waals surface area contributed by atoms with Crippen LogP contribution in [0.25, 0.3) is 0 Å². The second-order valence-electron chi connectivity index (χ2n) is 2.65. The van der Waals surface area contributed by atoms with Gasteiger partial charge in [-0.25, -0.2) is 0 Å². The van der Waals surface area contributed by atoms with Gasteiger partial charge >= 0.3 is 4.87 Å². The summed E-state index contributed by atoms with van der Waals surface area (Å²) in [6, 6.07) is 0. The molecule has 0 aliphatic rings. The fraction of sp³-hybridized carbons (Fsp3) is 0.571. The number of H-pyrrole nitrogens is 1. The molecule has 1 rings (SSSR count). The van der Waals surface area contributed by atoms with Gasteiger partial charge < -0.3 is 15.4 Å². The number of aromatic amines is 1. The first-order valence-electron chi connectivity index (χ1n) is 3.74. The van der Waals surface area contributed by atoms with Crippen LogP contribution < -0.4 is 10.2 Å². The van der Waals surface area contributed by atoms with Gasteiger partial charge in [-0.15, -0.1) is 0 Å². The highest BCUT2D eigenvalue weighted by atomic mass is 32.1. The van der Waals surface area contributed by atoms with Gasteiger partial charge in [-0.2, -0.15) is 0 Å². The van der Waals surface area contributed by atoms with E-state index in [0.717, 1.165) is 17.0 Å². The first kappa shape index (κ1) is 9.44. The lowest BCUT2D eigenvalue weighted by Crippen LogP contribution is -2.24. The standard InChI is InChI=1S/C7H12N2O2S/c1-5(10)2-8-3-6-4-12-7(11)9-6/h4-5,8,10H,2-3H2,1H3,(H,9,11)/t5-/m0/s1. The Balaban J connectivity index is 2.29. The Morgan fingerprint density at radius 1 is 1.83 bits per heavy atom. The van der Waals surface area contributed by atoms with Crippen LogP contribution in [0.2, 0.25) is 0 Å². The molecule has 0 bridgehead atoms. The van der Waals surface area contributed by atoms with E-state index in [1.165, 1.54) is 0 Å². The Kier molecular flexibility index (Phi) is 3.46. The molecule has 0 saturated carbocycles. The van der Waals surface area contributed by atoms with E-state index in [1.807, 2.05) is 0 Å². The SMILES string of the molecule is C[C@H](O)CNCc1csc(=O)[nH]1. The molecule has 1 atom stereocenters. The van der Waals surface area contributed by atoms with Crippen LogP contribution in [0, 0.1) is 0 Å². The van der Waals surface area contributed by atoms with Crippen LogP contribution in [-0.2, 0) is 6.54 Å². The number of hydrogen-bond donors (Lipinski definition) is 3. The Morgan fingerprint density at radius 2 is 2.58 bits per heavy atom. The summed E-state index contributed by atoms with van der Waals surface area (Å²) in [6.45, 7) is 2.85. The van der Waals surface area contributed by atoms with Gasteiger partial charge in [0.05, 0.1) is 6.10 Å². The van der Waals surface area contributed by atoms with E-state index in [4.69, 9.17) is 5.11 Å². The molecule has 4 nitrogen and oxygen atoms in total. The summed E-state index contributed by atoms with van der Waals surface area (Å²) in [5.74, 6) is 0. The lowest BCUT2D eigenvalue weighted by molar-refractivity contribution is 0.191. The van der Waals surface area contributed by atoms with Crippen LogP contribution in [0.5, 0.6) is 0 Å². The summed E-state index contributed by atoms with van der Waals surface area (Å²) in [5.41, 5.74) is 0.866. The molecule has 68 valence electrons. The third kappa shape index (κ3) is 3.17. The molecule has 3 N–H and O–H groups in total. The molecule has 1 aromatic rings. The first-order valence-corrected chi connectivity index (χ1v) is 4.62. The Hall–Kier alpha value is -0.650. The minimum absolute atomic E-state index is 0.0381. The largest absolute Gasteiger partial charge is 0.392 e. The maximum atomic E-state index is 10.7. The van der Waals surface area contributed by atoms with Crippen LogP contribution in [0.15, 0.2) is 10.2 Å². The molecule has 0 unspecified atom stereocenters. The van der Waals surface area contributed by atoms with E-state index in [0.29, 0.717) is 13.1 Å². The third-order valence-corrected chi connectivity index (χ3v) is 2.04. The number of aliphatic hydroxyl groups excluding tert-OH is 1. The Labute approximate surface area is 74.3 Å². The van der Waals surface area contributed by atoms with Crippen molar-refractivity contribution in [1.29, 1.82) is 0 Å². The highest BCUT2D eigenvalue weighted by Gasteiger charge is 1.97. The molecule has 0 radical (unpaired) electrons. The molecule has 0 fully saturated rings. The van der Waals surface area contributed by atoms with Gasteiger partial charge in [0.1, 0.15) is 0 Å². The van der Waals surface area contributed by atoms with Gasteiger partial charge in [-0.05, 0) is 6.92 Å². The average Bonchev–Trinajstić information content (AvgIpc) is 2.35. The predicted octanol–water partition coefficient (Wildman–Crippen LogP) is -0.0932. The molecular weight excluding hydrogens is 176 g/mol. The summed E-state index contributed by atoms with van der Waals surface area (Å²) >= 11 is 1.15. The molecule has 12 heavy (non-hydrogen) atoms. The van der Waals surface area contributed by atoms with Crippen LogP contribution >= 0.6 is 11.3 Å². The molecule has 5 heteroatoms. The van der Waals surface area contributed by atoms with E-state index in [1.54, 1.807) is 12.3 Å². The summed E-state index contributed by atoms with van der Waals surface area (Å²) in [6.07, 6.45) is -0.352. The Bertz CT molecular complexity index is 279. The summed E-state index contributed by atoms with van der Waals surface area (Å²) in [4.78, 5) is 13.3. The van der Waals surface area contributed by atoms with Gasteiger partial charge in [-0.3, -0.25) is 4.79 Å². The number of nitrogens with one attached hydrogen (secondary N) is 2. The van der Waals surface area contributed by atoms with Gasteiger partial charge in [-0.1, -0.05) is 11.3 Å². The second-order valence-corrected chi connectivity index (χ2v) is 3.50. The molecule has 0 saturated heterocycles. The van der Waals surface area contributed by atoms with Gasteiger partial charge in [0, 0.05) is 24.2 Å². The van der Waals surface area contributed by atoms with E-state index in [2.05, 4.69) is 10.3 Å². The number of rotatable bonds is 4. The predicted molar refractivity (Wildman–Crippen MR) is 48.3 cm³/mol. The van der Waals surface area contributed by atoms with Crippen molar-refractivity contribution < 1.29 is 5.11 Å². The first-order chi connectivity index (χ1) is 5.68. The fourth-order valence-electron chi connectivity index (χ4n) is 0.816. The van der Waals surface area contributed by atoms with Gasteiger partial charge in [0.2, 0.25) is 0 Å². The van der Waals surface area contributed by atoms with E-state index < -0.39 is 0 Å². The maximum Gasteiger partial charge on any atom is 0.304 e. The van der Waals surface area contributed by atoms with Crippen LogP contribution in [0.3, 0.4) is 0 Å². The topological polar surface area (TPSA) is 65.1 Å². The summed E-state index contributed by atoms with van der Waals surface area (Å²) in [5, 5.41) is 13.7. The van der Waals surface area contributed by atoms with Crippen LogP contribution in [0.4, 0.5) is 0 Å². The van der Waals surface area contributed by atoms with E-state index in [-0.39, 0.29) is 11.0 Å². The van der Waals surface area contributed by atoms with E-state index in [9.17, 15) is 4.79 Å². The van der Waals surface area contributed by atoms with Crippen molar-refractivity contribution in [2.75, 3.05) is 6.54 Å². The molecule has 0 aliphatic carbocycles. The third-order valence-electron chi connectivity index (χ3n) is 1.33. The van der Waals surface area contributed by atoms with Gasteiger partial charge in [0.15, 0.2) is 0 Å². The van der Waals surface area contributed by atoms with E-state index >= 15 is 0 Å². The lowest BCUT2D eigenvalue weighted by Gasteiger charge is -2.04. The summed E-state index contributed by atoms with van der Waals surface area (Å²) < 4.78 is 0. The normalized spacial score (nSPS) is 13.2.